The smallest absolute Gasteiger partial charge is 0.0619 e. The minimum atomic E-state index is -0.0433. The molecular formula is C16H18I+. The third-order valence-corrected chi connectivity index (χ3v) is 5.66. The summed E-state index contributed by atoms with van der Waals surface area (Å²) < 4.78 is 3.07. The number of rotatable bonds is 3. The van der Waals surface area contributed by atoms with E-state index in [0.717, 1.165) is 0 Å². The Hall–Kier alpha value is -0.830. The zero-order valence-electron chi connectivity index (χ0n) is 10.6. The topological polar surface area (TPSA) is 0 Å². The minimum absolute atomic E-state index is 0.0433. The summed E-state index contributed by atoms with van der Waals surface area (Å²) in [5.41, 5.74) is 3.00. The fraction of sp³-hybridized carbons (Fsp3) is 0.250. The number of hydrogen-bond donors (Lipinski definition) is 0. The van der Waals surface area contributed by atoms with Gasteiger partial charge in [-0.25, -0.2) is 0 Å². The highest BCUT2D eigenvalue weighted by Gasteiger charge is 2.22. The van der Waals surface area contributed by atoms with E-state index in [1.165, 1.54) is 9.13 Å². The van der Waals surface area contributed by atoms with Crippen LogP contribution in [0.15, 0.2) is 48.5 Å². The predicted octanol–water partition coefficient (Wildman–Crippen LogP) is 1.25. The van der Waals surface area contributed by atoms with Gasteiger partial charge >= 0.3 is 21.2 Å². The second kappa shape index (κ2) is 5.67. The SMILES string of the molecule is Cc1cccc([I+]c2ccccc2)c1C(C)C. The standard InChI is InChI=1S/C16H18I/c1-12(2)16-13(3)8-7-11-15(16)17-14-9-5-4-6-10-14/h4-12H,1-3H3/q+1. The molecule has 2 aromatic rings. The van der Waals surface area contributed by atoms with Crippen LogP contribution in [-0.2, 0) is 0 Å². The maximum Gasteiger partial charge on any atom is 0.358 e. The van der Waals surface area contributed by atoms with Gasteiger partial charge in [0.05, 0.1) is 0 Å². The first-order valence-electron chi connectivity index (χ1n) is 5.98. The van der Waals surface area contributed by atoms with E-state index in [1.807, 2.05) is 0 Å². The van der Waals surface area contributed by atoms with Gasteiger partial charge in [0.2, 0.25) is 0 Å². The van der Waals surface area contributed by atoms with Crippen LogP contribution in [0.5, 0.6) is 0 Å². The van der Waals surface area contributed by atoms with E-state index in [2.05, 4.69) is 69.3 Å². The molecule has 0 aliphatic rings. The van der Waals surface area contributed by atoms with E-state index < -0.39 is 0 Å². The lowest BCUT2D eigenvalue weighted by Gasteiger charge is -2.08. The Morgan fingerprint density at radius 3 is 2.24 bits per heavy atom. The first-order chi connectivity index (χ1) is 8.18. The number of benzene rings is 2. The van der Waals surface area contributed by atoms with Gasteiger partial charge < -0.3 is 0 Å². The average molecular weight is 337 g/mol. The van der Waals surface area contributed by atoms with Crippen LogP contribution in [0.2, 0.25) is 0 Å². The fourth-order valence-corrected chi connectivity index (χ4v) is 5.23. The molecule has 2 rings (SSSR count). The summed E-state index contributed by atoms with van der Waals surface area (Å²) in [6, 6.07) is 17.6. The van der Waals surface area contributed by atoms with Crippen LogP contribution < -0.4 is 21.2 Å². The molecule has 0 aliphatic carbocycles. The zero-order valence-corrected chi connectivity index (χ0v) is 12.7. The molecule has 88 valence electrons. The van der Waals surface area contributed by atoms with Crippen molar-refractivity contribution in [3.8, 4) is 0 Å². The Bertz CT molecular complexity index is 486. The summed E-state index contributed by atoms with van der Waals surface area (Å²) in [5, 5.41) is 0. The van der Waals surface area contributed by atoms with Gasteiger partial charge in [0.1, 0.15) is 0 Å². The van der Waals surface area contributed by atoms with Crippen LogP contribution in [0.4, 0.5) is 0 Å². The number of aryl methyl sites for hydroxylation is 1. The van der Waals surface area contributed by atoms with Gasteiger partial charge in [-0.2, -0.15) is 0 Å². The number of halogens is 1. The third-order valence-electron chi connectivity index (χ3n) is 2.79. The molecule has 0 unspecified atom stereocenters. The lowest BCUT2D eigenvalue weighted by Crippen LogP contribution is -3.61. The molecule has 0 radical (unpaired) electrons. The van der Waals surface area contributed by atoms with E-state index >= 15 is 0 Å². The molecule has 0 spiro atoms. The molecule has 17 heavy (non-hydrogen) atoms. The molecule has 0 aliphatic heterocycles. The molecule has 0 heterocycles. The Morgan fingerprint density at radius 2 is 1.59 bits per heavy atom. The Balaban J connectivity index is 2.36. The number of hydrogen-bond acceptors (Lipinski definition) is 0. The van der Waals surface area contributed by atoms with Crippen molar-refractivity contribution in [2.24, 2.45) is 0 Å². The lowest BCUT2D eigenvalue weighted by molar-refractivity contribution is -0.598. The largest absolute Gasteiger partial charge is 0.358 e. The Morgan fingerprint density at radius 1 is 0.882 bits per heavy atom. The van der Waals surface area contributed by atoms with Crippen molar-refractivity contribution in [2.75, 3.05) is 0 Å². The third kappa shape index (κ3) is 3.09. The summed E-state index contributed by atoms with van der Waals surface area (Å²) in [6.07, 6.45) is 0. The van der Waals surface area contributed by atoms with Crippen molar-refractivity contribution in [1.29, 1.82) is 0 Å². The van der Waals surface area contributed by atoms with Gasteiger partial charge in [-0.1, -0.05) is 44.2 Å². The van der Waals surface area contributed by atoms with Gasteiger partial charge in [-0.15, -0.1) is 0 Å². The van der Waals surface area contributed by atoms with Crippen molar-refractivity contribution in [1.82, 2.24) is 0 Å². The first kappa shape index (κ1) is 12.6. The van der Waals surface area contributed by atoms with E-state index in [1.54, 1.807) is 9.13 Å². The summed E-state index contributed by atoms with van der Waals surface area (Å²) in [7, 11) is 0. The average Bonchev–Trinajstić information content (AvgIpc) is 2.30. The molecule has 0 aromatic heterocycles. The molecule has 0 N–H and O–H groups in total. The molecule has 0 nitrogen and oxygen atoms in total. The molecule has 2 aromatic carbocycles. The van der Waals surface area contributed by atoms with Crippen molar-refractivity contribution in [3.05, 3.63) is 66.8 Å². The van der Waals surface area contributed by atoms with Gasteiger partial charge in [0, 0.05) is 5.56 Å². The summed E-state index contributed by atoms with van der Waals surface area (Å²) in [4.78, 5) is 0. The maximum atomic E-state index is 2.31. The van der Waals surface area contributed by atoms with Crippen molar-refractivity contribution < 1.29 is 21.2 Å². The van der Waals surface area contributed by atoms with Crippen molar-refractivity contribution in [3.63, 3.8) is 0 Å². The monoisotopic (exact) mass is 337 g/mol. The van der Waals surface area contributed by atoms with Crippen LogP contribution in [0, 0.1) is 14.1 Å². The Kier molecular flexibility index (Phi) is 4.21. The first-order valence-corrected chi connectivity index (χ1v) is 8.13. The second-order valence-electron chi connectivity index (χ2n) is 4.52. The van der Waals surface area contributed by atoms with Crippen LogP contribution in [0.25, 0.3) is 0 Å². The zero-order chi connectivity index (χ0) is 12.3. The van der Waals surface area contributed by atoms with Crippen LogP contribution in [0.1, 0.15) is 30.9 Å². The van der Waals surface area contributed by atoms with E-state index in [9.17, 15) is 0 Å². The summed E-state index contributed by atoms with van der Waals surface area (Å²) >= 11 is -0.0433. The van der Waals surface area contributed by atoms with Gasteiger partial charge in [-0.05, 0) is 36.6 Å². The molecule has 0 bridgehead atoms. The Labute approximate surface area is 114 Å². The second-order valence-corrected chi connectivity index (χ2v) is 7.46. The maximum absolute atomic E-state index is 2.31. The molecule has 0 atom stereocenters. The molecule has 0 amide bonds. The van der Waals surface area contributed by atoms with Crippen LogP contribution in [-0.4, -0.2) is 0 Å². The van der Waals surface area contributed by atoms with Gasteiger partial charge in [0.25, 0.3) is 0 Å². The van der Waals surface area contributed by atoms with Crippen molar-refractivity contribution in [2.45, 2.75) is 26.7 Å². The lowest BCUT2D eigenvalue weighted by atomic mass is 9.98. The van der Waals surface area contributed by atoms with E-state index in [-0.39, 0.29) is 21.2 Å². The highest BCUT2D eigenvalue weighted by atomic mass is 127. The van der Waals surface area contributed by atoms with Gasteiger partial charge in [0.15, 0.2) is 7.14 Å². The molecule has 0 saturated carbocycles. The molecule has 1 heteroatoms. The quantitative estimate of drug-likeness (QED) is 0.740. The van der Waals surface area contributed by atoms with Crippen LogP contribution >= 0.6 is 0 Å². The van der Waals surface area contributed by atoms with Gasteiger partial charge in [-0.3, -0.25) is 0 Å². The molecular weight excluding hydrogens is 319 g/mol. The van der Waals surface area contributed by atoms with E-state index in [4.69, 9.17) is 0 Å². The summed E-state index contributed by atoms with van der Waals surface area (Å²) in [5.74, 6) is 0.620. The van der Waals surface area contributed by atoms with Crippen molar-refractivity contribution >= 4 is 0 Å². The fourth-order valence-electron chi connectivity index (χ4n) is 2.05. The summed E-state index contributed by atoms with van der Waals surface area (Å²) in [6.45, 7) is 6.81. The van der Waals surface area contributed by atoms with Crippen LogP contribution in [0.3, 0.4) is 0 Å². The highest BCUT2D eigenvalue weighted by Crippen LogP contribution is 2.17. The molecule has 0 saturated heterocycles. The highest BCUT2D eigenvalue weighted by molar-refractivity contribution is 5.27. The minimum Gasteiger partial charge on any atom is -0.0619 e. The molecule has 0 fully saturated rings. The predicted molar refractivity (Wildman–Crippen MR) is 69.1 cm³/mol. The van der Waals surface area contributed by atoms with E-state index in [0.29, 0.717) is 5.92 Å². The normalized spacial score (nSPS) is 10.8.